The second-order valence-electron chi connectivity index (χ2n) is 7.42. The van der Waals surface area contributed by atoms with E-state index in [2.05, 4.69) is 11.9 Å². The minimum Gasteiger partial charge on any atom is -0.281 e. The van der Waals surface area contributed by atoms with Gasteiger partial charge in [-0.25, -0.2) is 4.98 Å². The van der Waals surface area contributed by atoms with Gasteiger partial charge in [0.15, 0.2) is 5.03 Å². The van der Waals surface area contributed by atoms with Gasteiger partial charge in [0.05, 0.1) is 0 Å². The molecule has 0 aliphatic carbocycles. The fourth-order valence-electron chi connectivity index (χ4n) is 3.60. The highest BCUT2D eigenvalue weighted by molar-refractivity contribution is 7.85. The first-order chi connectivity index (χ1) is 13.5. The minimum absolute atomic E-state index is 0.247. The van der Waals surface area contributed by atoms with Crippen LogP contribution >= 0.6 is 0 Å². The number of rotatable bonds is 13. The molecule has 1 heterocycles. The summed E-state index contributed by atoms with van der Waals surface area (Å²) in [5, 5.41) is -0.247. The fraction of sp³-hybridized carbons (Fsp3) is 0.522. The predicted octanol–water partition coefficient (Wildman–Crippen LogP) is 6.46. The molecule has 2 aromatic rings. The third-order valence-electron chi connectivity index (χ3n) is 5.11. The summed E-state index contributed by atoms with van der Waals surface area (Å²) >= 11 is 0. The molecule has 2 rings (SSSR count). The Kier molecular flexibility index (Phi) is 9.65. The van der Waals surface area contributed by atoms with Gasteiger partial charge in [-0.05, 0) is 30.0 Å². The summed E-state index contributed by atoms with van der Waals surface area (Å²) in [5.41, 5.74) is 2.22. The Labute approximate surface area is 170 Å². The van der Waals surface area contributed by atoms with Crippen molar-refractivity contribution in [3.63, 3.8) is 0 Å². The van der Waals surface area contributed by atoms with Crippen LogP contribution in [0.5, 0.6) is 0 Å². The highest BCUT2D eigenvalue weighted by atomic mass is 32.2. The fourth-order valence-corrected chi connectivity index (χ4v) is 4.30. The van der Waals surface area contributed by atoms with Crippen molar-refractivity contribution in [1.82, 2.24) is 4.98 Å². The van der Waals surface area contributed by atoms with E-state index < -0.39 is 10.1 Å². The first-order valence-electron chi connectivity index (χ1n) is 10.5. The van der Waals surface area contributed by atoms with Gasteiger partial charge < -0.3 is 0 Å². The van der Waals surface area contributed by atoms with Gasteiger partial charge in [0, 0.05) is 11.8 Å². The number of hydrogen-bond acceptors (Lipinski definition) is 3. The van der Waals surface area contributed by atoms with Crippen LogP contribution < -0.4 is 0 Å². The minimum atomic E-state index is -4.37. The molecule has 0 amide bonds. The Hall–Kier alpha value is -1.72. The van der Waals surface area contributed by atoms with Gasteiger partial charge in [0.25, 0.3) is 0 Å². The van der Waals surface area contributed by atoms with Crippen molar-refractivity contribution in [3.8, 4) is 11.1 Å². The Balaban J connectivity index is 1.92. The Morgan fingerprint density at radius 1 is 0.821 bits per heavy atom. The van der Waals surface area contributed by atoms with Gasteiger partial charge in [-0.1, -0.05) is 95.0 Å². The number of aromatic nitrogens is 1. The molecule has 4 nitrogen and oxygen atoms in total. The van der Waals surface area contributed by atoms with E-state index in [1.165, 1.54) is 57.6 Å². The summed E-state index contributed by atoms with van der Waals surface area (Å²) in [5.74, 6) is 0. The van der Waals surface area contributed by atoms with E-state index in [0.717, 1.165) is 30.4 Å². The molecular formula is C23H33NO3S. The molecule has 0 bridgehead atoms. The maximum Gasteiger partial charge on any atom is 0.312 e. The molecule has 1 aromatic carbocycles. The average Bonchev–Trinajstić information content (AvgIpc) is 2.69. The van der Waals surface area contributed by atoms with Gasteiger partial charge in [-0.2, -0.15) is 8.42 Å². The zero-order chi connectivity index (χ0) is 20.2. The molecule has 0 spiro atoms. The van der Waals surface area contributed by atoms with Gasteiger partial charge in [-0.3, -0.25) is 4.55 Å². The molecular weight excluding hydrogens is 370 g/mol. The Morgan fingerprint density at radius 2 is 1.39 bits per heavy atom. The summed E-state index contributed by atoms with van der Waals surface area (Å²) in [4.78, 5) is 3.95. The van der Waals surface area contributed by atoms with Crippen LogP contribution in [0, 0.1) is 0 Å². The number of pyridine rings is 1. The average molecular weight is 404 g/mol. The van der Waals surface area contributed by atoms with Crippen LogP contribution in [0.25, 0.3) is 11.1 Å². The number of nitrogens with zero attached hydrogens (tertiary/aromatic N) is 1. The number of hydrogen-bond donors (Lipinski definition) is 1. The van der Waals surface area contributed by atoms with Crippen molar-refractivity contribution in [1.29, 1.82) is 0 Å². The summed E-state index contributed by atoms with van der Waals surface area (Å²) in [6.45, 7) is 2.24. The van der Waals surface area contributed by atoms with Crippen LogP contribution in [0.1, 0.15) is 76.7 Å². The standard InChI is InChI=1S/C23H33NO3S/c1-2-3-4-5-6-7-8-9-10-12-17-21-18-19-24-23(28(25,26)27)22(21)20-15-13-11-14-16-20/h11,13-16,18-19H,2-10,12,17H2,1H3,(H,25,26,27). The van der Waals surface area contributed by atoms with E-state index in [9.17, 15) is 13.0 Å². The molecule has 28 heavy (non-hydrogen) atoms. The van der Waals surface area contributed by atoms with Crippen molar-refractivity contribution >= 4 is 10.1 Å². The lowest BCUT2D eigenvalue weighted by molar-refractivity contribution is 0.479. The topological polar surface area (TPSA) is 67.3 Å². The van der Waals surface area contributed by atoms with E-state index in [-0.39, 0.29) is 5.03 Å². The van der Waals surface area contributed by atoms with Crippen molar-refractivity contribution in [3.05, 3.63) is 48.2 Å². The first kappa shape index (κ1) is 22.6. The molecule has 5 heteroatoms. The zero-order valence-electron chi connectivity index (χ0n) is 16.9. The van der Waals surface area contributed by atoms with Crippen molar-refractivity contribution < 1.29 is 13.0 Å². The number of benzene rings is 1. The summed E-state index contributed by atoms with van der Waals surface area (Å²) in [6.07, 6.45) is 14.9. The highest BCUT2D eigenvalue weighted by Gasteiger charge is 2.21. The van der Waals surface area contributed by atoms with Crippen LogP contribution in [0.3, 0.4) is 0 Å². The molecule has 0 saturated carbocycles. The molecule has 0 aliphatic rings. The molecule has 0 radical (unpaired) electrons. The molecule has 154 valence electrons. The van der Waals surface area contributed by atoms with Gasteiger partial charge in [-0.15, -0.1) is 0 Å². The van der Waals surface area contributed by atoms with Crippen LogP contribution in [0.4, 0.5) is 0 Å². The third kappa shape index (κ3) is 7.36. The third-order valence-corrected chi connectivity index (χ3v) is 5.91. The highest BCUT2D eigenvalue weighted by Crippen LogP contribution is 2.30. The number of aryl methyl sites for hydroxylation is 1. The van der Waals surface area contributed by atoms with E-state index >= 15 is 0 Å². The molecule has 0 aliphatic heterocycles. The Morgan fingerprint density at radius 3 is 1.96 bits per heavy atom. The predicted molar refractivity (Wildman–Crippen MR) is 115 cm³/mol. The smallest absolute Gasteiger partial charge is 0.281 e. The first-order valence-corrected chi connectivity index (χ1v) is 12.0. The molecule has 0 fully saturated rings. The SMILES string of the molecule is CCCCCCCCCCCCc1ccnc(S(=O)(=O)O)c1-c1ccccc1. The largest absolute Gasteiger partial charge is 0.312 e. The van der Waals surface area contributed by atoms with E-state index in [1.807, 2.05) is 36.4 Å². The van der Waals surface area contributed by atoms with Crippen LogP contribution in [0.15, 0.2) is 47.6 Å². The van der Waals surface area contributed by atoms with Gasteiger partial charge in [0.1, 0.15) is 0 Å². The normalized spacial score (nSPS) is 11.6. The quantitative estimate of drug-likeness (QED) is 0.308. The summed E-state index contributed by atoms with van der Waals surface area (Å²) in [7, 11) is -4.37. The number of unbranched alkanes of at least 4 members (excludes halogenated alkanes) is 9. The molecule has 1 aromatic heterocycles. The van der Waals surface area contributed by atoms with Crippen molar-refractivity contribution in [2.45, 2.75) is 82.6 Å². The van der Waals surface area contributed by atoms with Gasteiger partial charge >= 0.3 is 10.1 Å². The van der Waals surface area contributed by atoms with E-state index in [1.54, 1.807) is 0 Å². The summed E-state index contributed by atoms with van der Waals surface area (Å²) in [6, 6.07) is 11.2. The van der Waals surface area contributed by atoms with Crippen molar-refractivity contribution in [2.75, 3.05) is 0 Å². The maximum atomic E-state index is 11.8. The zero-order valence-corrected chi connectivity index (χ0v) is 17.8. The lowest BCUT2D eigenvalue weighted by atomic mass is 9.97. The second kappa shape index (κ2) is 12.0. The summed E-state index contributed by atoms with van der Waals surface area (Å²) < 4.78 is 33.2. The monoisotopic (exact) mass is 403 g/mol. The lowest BCUT2D eigenvalue weighted by Crippen LogP contribution is -2.06. The lowest BCUT2D eigenvalue weighted by Gasteiger charge is -2.13. The van der Waals surface area contributed by atoms with Gasteiger partial charge in [0.2, 0.25) is 0 Å². The Bertz CT molecular complexity index is 804. The molecule has 0 unspecified atom stereocenters. The van der Waals surface area contributed by atoms with E-state index in [4.69, 9.17) is 0 Å². The molecule has 0 atom stereocenters. The molecule has 1 N–H and O–H groups in total. The van der Waals surface area contributed by atoms with Crippen LogP contribution in [0.2, 0.25) is 0 Å². The van der Waals surface area contributed by atoms with E-state index in [0.29, 0.717) is 5.56 Å². The van der Waals surface area contributed by atoms with Crippen LogP contribution in [-0.2, 0) is 16.5 Å². The van der Waals surface area contributed by atoms with Crippen molar-refractivity contribution in [2.24, 2.45) is 0 Å². The maximum absolute atomic E-state index is 11.8. The second-order valence-corrected chi connectivity index (χ2v) is 8.76. The van der Waals surface area contributed by atoms with Crippen LogP contribution in [-0.4, -0.2) is 18.0 Å². The molecule has 0 saturated heterocycles.